The maximum Gasteiger partial charge on any atom is 0.0689 e. The average molecular weight is 185 g/mol. The molecule has 0 bridgehead atoms. The first-order valence-electron chi connectivity index (χ1n) is 5.37. The van der Waals surface area contributed by atoms with Crippen LogP contribution in [0, 0.1) is 0 Å². The van der Waals surface area contributed by atoms with E-state index in [1.807, 2.05) is 0 Å². The van der Waals surface area contributed by atoms with E-state index in [1.54, 1.807) is 0 Å². The first kappa shape index (κ1) is 9.44. The molecule has 1 saturated heterocycles. The zero-order valence-corrected chi connectivity index (χ0v) is 8.04. The second-order valence-corrected chi connectivity index (χ2v) is 4.21. The van der Waals surface area contributed by atoms with Gasteiger partial charge in [-0.25, -0.2) is 0 Å². The highest BCUT2D eigenvalue weighted by Crippen LogP contribution is 2.20. The number of hydrogen-bond donors (Lipinski definition) is 2. The Kier molecular flexibility index (Phi) is 3.19. The average Bonchev–Trinajstić information content (AvgIpc) is 2.82. The third kappa shape index (κ3) is 3.25. The largest absolute Gasteiger partial charge is 0.392 e. The van der Waals surface area contributed by atoms with Crippen LogP contribution in [0.25, 0.3) is 0 Å². The molecule has 2 unspecified atom stereocenters. The summed E-state index contributed by atoms with van der Waals surface area (Å²) in [7, 11) is 0. The van der Waals surface area contributed by atoms with Crippen molar-refractivity contribution in [3.05, 3.63) is 0 Å². The molecule has 1 heterocycles. The summed E-state index contributed by atoms with van der Waals surface area (Å²) in [6.07, 6.45) is 5.76. The van der Waals surface area contributed by atoms with E-state index in [1.165, 1.54) is 12.8 Å². The molecule has 0 aromatic heterocycles. The van der Waals surface area contributed by atoms with Gasteiger partial charge in [0.25, 0.3) is 0 Å². The Labute approximate surface area is 79.5 Å². The summed E-state index contributed by atoms with van der Waals surface area (Å²) in [5.41, 5.74) is 0. The lowest BCUT2D eigenvalue weighted by Gasteiger charge is -2.15. The SMILES string of the molecule is OC(CNC1CC1)CC1CCCO1. The lowest BCUT2D eigenvalue weighted by atomic mass is 10.1. The van der Waals surface area contributed by atoms with Crippen LogP contribution < -0.4 is 5.32 Å². The minimum absolute atomic E-state index is 0.219. The van der Waals surface area contributed by atoms with E-state index in [9.17, 15) is 5.11 Å². The fraction of sp³-hybridized carbons (Fsp3) is 1.00. The Balaban J connectivity index is 1.56. The van der Waals surface area contributed by atoms with Crippen LogP contribution >= 0.6 is 0 Å². The van der Waals surface area contributed by atoms with Crippen LogP contribution in [0.4, 0.5) is 0 Å². The van der Waals surface area contributed by atoms with Gasteiger partial charge in [0.1, 0.15) is 0 Å². The fourth-order valence-electron chi connectivity index (χ4n) is 1.81. The molecular weight excluding hydrogens is 166 g/mol. The van der Waals surface area contributed by atoms with Crippen molar-refractivity contribution >= 4 is 0 Å². The highest BCUT2D eigenvalue weighted by Gasteiger charge is 2.23. The summed E-state index contributed by atoms with van der Waals surface area (Å²) in [5.74, 6) is 0. The Bertz CT molecular complexity index is 153. The topological polar surface area (TPSA) is 41.5 Å². The normalized spacial score (nSPS) is 30.7. The molecule has 1 aliphatic heterocycles. The van der Waals surface area contributed by atoms with Crippen molar-refractivity contribution in [3.8, 4) is 0 Å². The number of hydrogen-bond acceptors (Lipinski definition) is 3. The van der Waals surface area contributed by atoms with Gasteiger partial charge in [0.15, 0.2) is 0 Å². The van der Waals surface area contributed by atoms with Crippen LogP contribution in [-0.2, 0) is 4.74 Å². The number of aliphatic hydroxyl groups is 1. The Morgan fingerprint density at radius 1 is 1.38 bits per heavy atom. The fourth-order valence-corrected chi connectivity index (χ4v) is 1.81. The second kappa shape index (κ2) is 4.40. The number of aliphatic hydroxyl groups excluding tert-OH is 1. The number of rotatable bonds is 5. The molecule has 3 nitrogen and oxygen atoms in total. The van der Waals surface area contributed by atoms with E-state index < -0.39 is 0 Å². The van der Waals surface area contributed by atoms with Gasteiger partial charge in [-0.05, 0) is 25.7 Å². The summed E-state index contributed by atoms with van der Waals surface area (Å²) in [5, 5.41) is 13.0. The molecule has 3 heteroatoms. The van der Waals surface area contributed by atoms with Gasteiger partial charge >= 0.3 is 0 Å². The van der Waals surface area contributed by atoms with E-state index >= 15 is 0 Å². The molecule has 2 aliphatic rings. The van der Waals surface area contributed by atoms with Crippen molar-refractivity contribution in [2.75, 3.05) is 13.2 Å². The van der Waals surface area contributed by atoms with Crippen LogP contribution in [0.1, 0.15) is 32.1 Å². The quantitative estimate of drug-likeness (QED) is 0.661. The third-order valence-corrected chi connectivity index (χ3v) is 2.78. The van der Waals surface area contributed by atoms with Gasteiger partial charge in [-0.15, -0.1) is 0 Å². The maximum absolute atomic E-state index is 9.64. The van der Waals surface area contributed by atoms with Crippen molar-refractivity contribution < 1.29 is 9.84 Å². The minimum atomic E-state index is -0.219. The van der Waals surface area contributed by atoms with Crippen molar-refractivity contribution in [1.29, 1.82) is 0 Å². The maximum atomic E-state index is 9.64. The van der Waals surface area contributed by atoms with Crippen LogP contribution in [0.5, 0.6) is 0 Å². The second-order valence-electron chi connectivity index (χ2n) is 4.21. The molecule has 2 fully saturated rings. The van der Waals surface area contributed by atoms with Gasteiger partial charge in [-0.1, -0.05) is 0 Å². The molecule has 0 radical (unpaired) electrons. The first-order chi connectivity index (χ1) is 6.34. The lowest BCUT2D eigenvalue weighted by molar-refractivity contribution is 0.0537. The predicted octanol–water partition coefficient (Wildman–Crippen LogP) is 0.668. The van der Waals surface area contributed by atoms with Crippen LogP contribution in [0.2, 0.25) is 0 Å². The zero-order chi connectivity index (χ0) is 9.10. The molecule has 2 atom stereocenters. The standard InChI is InChI=1S/C10H19NO2/c12-9(7-11-8-3-4-8)6-10-2-1-5-13-10/h8-12H,1-7H2. The Morgan fingerprint density at radius 3 is 2.85 bits per heavy atom. The lowest BCUT2D eigenvalue weighted by Crippen LogP contribution is -2.31. The van der Waals surface area contributed by atoms with Crippen LogP contribution in [0.15, 0.2) is 0 Å². The van der Waals surface area contributed by atoms with Gasteiger partial charge in [0.05, 0.1) is 12.2 Å². The molecule has 1 saturated carbocycles. The molecule has 0 aromatic rings. The van der Waals surface area contributed by atoms with Gasteiger partial charge in [0.2, 0.25) is 0 Å². The summed E-state index contributed by atoms with van der Waals surface area (Å²) < 4.78 is 5.46. The molecule has 2 N–H and O–H groups in total. The highest BCUT2D eigenvalue weighted by atomic mass is 16.5. The van der Waals surface area contributed by atoms with Gasteiger partial charge in [-0.3, -0.25) is 0 Å². The molecule has 1 aliphatic carbocycles. The van der Waals surface area contributed by atoms with Crippen molar-refractivity contribution in [2.45, 2.75) is 50.4 Å². The highest BCUT2D eigenvalue weighted by molar-refractivity contribution is 4.82. The molecule has 0 spiro atoms. The molecule has 0 amide bonds. The van der Waals surface area contributed by atoms with E-state index in [4.69, 9.17) is 4.74 Å². The van der Waals surface area contributed by atoms with Crippen molar-refractivity contribution in [2.24, 2.45) is 0 Å². The summed E-state index contributed by atoms with van der Waals surface area (Å²) in [6.45, 7) is 1.62. The summed E-state index contributed by atoms with van der Waals surface area (Å²) >= 11 is 0. The number of ether oxygens (including phenoxy) is 1. The predicted molar refractivity (Wildman–Crippen MR) is 50.6 cm³/mol. The molecule has 13 heavy (non-hydrogen) atoms. The number of nitrogens with one attached hydrogen (secondary N) is 1. The summed E-state index contributed by atoms with van der Waals surface area (Å²) in [6, 6.07) is 0.694. The monoisotopic (exact) mass is 185 g/mol. The minimum Gasteiger partial charge on any atom is -0.392 e. The molecule has 0 aromatic carbocycles. The zero-order valence-electron chi connectivity index (χ0n) is 8.04. The Hall–Kier alpha value is -0.120. The van der Waals surface area contributed by atoms with Gasteiger partial charge < -0.3 is 15.2 Å². The smallest absolute Gasteiger partial charge is 0.0689 e. The van der Waals surface area contributed by atoms with Crippen molar-refractivity contribution in [3.63, 3.8) is 0 Å². The van der Waals surface area contributed by atoms with E-state index in [-0.39, 0.29) is 6.10 Å². The van der Waals surface area contributed by atoms with Crippen LogP contribution in [0.3, 0.4) is 0 Å². The summed E-state index contributed by atoms with van der Waals surface area (Å²) in [4.78, 5) is 0. The molecule has 76 valence electrons. The molecular formula is C10H19NO2. The Morgan fingerprint density at radius 2 is 2.23 bits per heavy atom. The van der Waals surface area contributed by atoms with E-state index in [2.05, 4.69) is 5.32 Å². The third-order valence-electron chi connectivity index (χ3n) is 2.78. The molecule has 2 rings (SSSR count). The van der Waals surface area contributed by atoms with E-state index in [0.29, 0.717) is 12.1 Å². The van der Waals surface area contributed by atoms with Gasteiger partial charge in [0, 0.05) is 25.6 Å². The van der Waals surface area contributed by atoms with E-state index in [0.717, 1.165) is 32.4 Å². The van der Waals surface area contributed by atoms with Gasteiger partial charge in [-0.2, -0.15) is 0 Å². The van der Waals surface area contributed by atoms with Crippen molar-refractivity contribution in [1.82, 2.24) is 5.32 Å². The van der Waals surface area contributed by atoms with Crippen LogP contribution in [-0.4, -0.2) is 36.5 Å². The first-order valence-corrected chi connectivity index (χ1v) is 5.37.